The van der Waals surface area contributed by atoms with E-state index in [0.29, 0.717) is 21.5 Å². The van der Waals surface area contributed by atoms with Crippen LogP contribution in [0.4, 0.5) is 4.39 Å². The number of nitrogens with zero attached hydrogens (tertiary/aromatic N) is 4. The topological polar surface area (TPSA) is 43.6 Å². The van der Waals surface area contributed by atoms with E-state index < -0.39 is 0 Å². The summed E-state index contributed by atoms with van der Waals surface area (Å²) in [4.78, 5) is 0. The minimum absolute atomic E-state index is 0.226. The number of aromatic nitrogens is 4. The number of rotatable bonds is 4. The highest BCUT2D eigenvalue weighted by Crippen LogP contribution is 2.24. The van der Waals surface area contributed by atoms with Gasteiger partial charge >= 0.3 is 0 Å². The third-order valence-corrected chi connectivity index (χ3v) is 4.05. The molecule has 0 aliphatic carbocycles. The molecule has 4 nitrogen and oxygen atoms in total. The molecular weight excluding hydrogens is 311 g/mol. The van der Waals surface area contributed by atoms with Crippen LogP contribution in [0.15, 0.2) is 53.7 Å². The van der Waals surface area contributed by atoms with E-state index in [2.05, 4.69) is 15.5 Å². The molecule has 3 aromatic rings. The first kappa shape index (κ1) is 14.0. The molecule has 0 atom stereocenters. The van der Waals surface area contributed by atoms with Crippen LogP contribution in [0.5, 0.6) is 0 Å². The molecule has 0 amide bonds. The Kier molecular flexibility index (Phi) is 4.17. The minimum atomic E-state index is -0.226. The zero-order valence-corrected chi connectivity index (χ0v) is 12.4. The Hall–Kier alpha value is -1.92. The lowest BCUT2D eigenvalue weighted by atomic mass is 10.2. The predicted octanol–water partition coefficient (Wildman–Crippen LogP) is 3.75. The number of benzene rings is 2. The smallest absolute Gasteiger partial charge is 0.207 e. The maximum Gasteiger partial charge on any atom is 0.214 e. The van der Waals surface area contributed by atoms with E-state index in [4.69, 9.17) is 11.6 Å². The molecular formula is C14H10ClFN4S. The molecule has 0 aliphatic rings. The number of hydrogen-bond acceptors (Lipinski definition) is 4. The normalized spacial score (nSPS) is 10.8. The summed E-state index contributed by atoms with van der Waals surface area (Å²) in [5, 5.41) is 12.8. The summed E-state index contributed by atoms with van der Waals surface area (Å²) in [5.74, 6) is 0.233. The monoisotopic (exact) mass is 320 g/mol. The van der Waals surface area contributed by atoms with E-state index in [1.54, 1.807) is 35.0 Å². The van der Waals surface area contributed by atoms with Gasteiger partial charge in [-0.1, -0.05) is 41.6 Å². The van der Waals surface area contributed by atoms with Gasteiger partial charge in [-0.2, -0.15) is 4.68 Å². The SMILES string of the molecule is Fc1ccccc1CSc1nnnn1-c1ccc(Cl)cc1. The quantitative estimate of drug-likeness (QED) is 0.687. The highest BCUT2D eigenvalue weighted by atomic mass is 35.5. The molecule has 0 aliphatic heterocycles. The van der Waals surface area contributed by atoms with Gasteiger partial charge < -0.3 is 0 Å². The Labute approximate surface area is 129 Å². The summed E-state index contributed by atoms with van der Waals surface area (Å²) < 4.78 is 15.2. The largest absolute Gasteiger partial charge is 0.214 e. The van der Waals surface area contributed by atoms with Crippen molar-refractivity contribution in [2.75, 3.05) is 0 Å². The highest BCUT2D eigenvalue weighted by molar-refractivity contribution is 7.98. The van der Waals surface area contributed by atoms with Crippen molar-refractivity contribution in [3.8, 4) is 5.69 Å². The maximum absolute atomic E-state index is 13.6. The molecule has 1 aromatic heterocycles. The first-order valence-corrected chi connectivity index (χ1v) is 7.51. The molecule has 21 heavy (non-hydrogen) atoms. The summed E-state index contributed by atoms with van der Waals surface area (Å²) in [6, 6.07) is 13.9. The fourth-order valence-corrected chi connectivity index (χ4v) is 2.77. The van der Waals surface area contributed by atoms with E-state index in [0.717, 1.165) is 5.69 Å². The van der Waals surface area contributed by atoms with Crippen LogP contribution in [0.1, 0.15) is 5.56 Å². The van der Waals surface area contributed by atoms with Crippen molar-refractivity contribution >= 4 is 23.4 Å². The summed E-state index contributed by atoms with van der Waals surface area (Å²) >= 11 is 7.24. The molecule has 0 saturated carbocycles. The Morgan fingerprint density at radius 3 is 2.62 bits per heavy atom. The van der Waals surface area contributed by atoms with E-state index in [1.165, 1.54) is 17.8 Å². The standard InChI is InChI=1S/C14H10ClFN4S/c15-11-5-7-12(8-6-11)20-14(17-18-19-20)21-9-10-3-1-2-4-13(10)16/h1-8H,9H2. The van der Waals surface area contributed by atoms with Gasteiger partial charge in [0.15, 0.2) is 0 Å². The van der Waals surface area contributed by atoms with Crippen LogP contribution in [-0.2, 0) is 5.75 Å². The van der Waals surface area contributed by atoms with Crippen LogP contribution in [0.25, 0.3) is 5.69 Å². The van der Waals surface area contributed by atoms with E-state index in [9.17, 15) is 4.39 Å². The van der Waals surface area contributed by atoms with Gasteiger partial charge in [0.05, 0.1) is 5.69 Å². The zero-order valence-electron chi connectivity index (χ0n) is 10.8. The van der Waals surface area contributed by atoms with Gasteiger partial charge in [-0.05, 0) is 46.3 Å². The van der Waals surface area contributed by atoms with Crippen molar-refractivity contribution in [1.29, 1.82) is 0 Å². The molecule has 0 saturated heterocycles. The number of thioether (sulfide) groups is 1. The van der Waals surface area contributed by atoms with Gasteiger partial charge in [0, 0.05) is 10.8 Å². The van der Waals surface area contributed by atoms with Crippen LogP contribution >= 0.6 is 23.4 Å². The number of hydrogen-bond donors (Lipinski definition) is 0. The van der Waals surface area contributed by atoms with Gasteiger partial charge in [-0.3, -0.25) is 0 Å². The van der Waals surface area contributed by atoms with Crippen LogP contribution in [0, 0.1) is 5.82 Å². The van der Waals surface area contributed by atoms with Crippen molar-refractivity contribution in [3.63, 3.8) is 0 Å². The molecule has 0 unspecified atom stereocenters. The van der Waals surface area contributed by atoms with E-state index in [-0.39, 0.29) is 5.82 Å². The van der Waals surface area contributed by atoms with Crippen LogP contribution < -0.4 is 0 Å². The summed E-state index contributed by atoms with van der Waals surface area (Å²) in [6.07, 6.45) is 0. The van der Waals surface area contributed by atoms with Gasteiger partial charge in [0.1, 0.15) is 5.82 Å². The average molecular weight is 321 g/mol. The molecule has 0 spiro atoms. The number of tetrazole rings is 1. The Balaban J connectivity index is 1.80. The molecule has 0 fully saturated rings. The Morgan fingerprint density at radius 2 is 1.86 bits per heavy atom. The molecule has 7 heteroatoms. The van der Waals surface area contributed by atoms with E-state index >= 15 is 0 Å². The van der Waals surface area contributed by atoms with Crippen LogP contribution in [0.2, 0.25) is 5.02 Å². The Bertz CT molecular complexity index is 745. The van der Waals surface area contributed by atoms with Crippen molar-refractivity contribution in [1.82, 2.24) is 20.2 Å². The molecule has 1 heterocycles. The summed E-state index contributed by atoms with van der Waals surface area (Å²) in [5.41, 5.74) is 1.42. The van der Waals surface area contributed by atoms with E-state index in [1.807, 2.05) is 12.1 Å². The van der Waals surface area contributed by atoms with Crippen molar-refractivity contribution < 1.29 is 4.39 Å². The summed E-state index contributed by atoms with van der Waals surface area (Å²) in [6.45, 7) is 0. The van der Waals surface area contributed by atoms with Crippen LogP contribution in [-0.4, -0.2) is 20.2 Å². The van der Waals surface area contributed by atoms with Gasteiger partial charge in [-0.15, -0.1) is 5.10 Å². The molecule has 0 bridgehead atoms. The molecule has 0 radical (unpaired) electrons. The Morgan fingerprint density at radius 1 is 1.10 bits per heavy atom. The molecule has 3 rings (SSSR count). The predicted molar refractivity (Wildman–Crippen MR) is 80.1 cm³/mol. The highest BCUT2D eigenvalue weighted by Gasteiger charge is 2.10. The first-order chi connectivity index (χ1) is 10.2. The lowest BCUT2D eigenvalue weighted by Crippen LogP contribution is -1.99. The molecule has 0 N–H and O–H groups in total. The second-order valence-electron chi connectivity index (χ2n) is 4.23. The molecule has 2 aromatic carbocycles. The second kappa shape index (κ2) is 6.24. The third-order valence-electron chi connectivity index (χ3n) is 2.83. The fraction of sp³-hybridized carbons (Fsp3) is 0.0714. The lowest BCUT2D eigenvalue weighted by Gasteiger charge is -2.05. The number of halogens is 2. The van der Waals surface area contributed by atoms with Crippen molar-refractivity contribution in [2.45, 2.75) is 10.9 Å². The average Bonchev–Trinajstić information content (AvgIpc) is 2.96. The second-order valence-corrected chi connectivity index (χ2v) is 5.61. The van der Waals surface area contributed by atoms with Crippen molar-refractivity contribution in [3.05, 3.63) is 64.9 Å². The lowest BCUT2D eigenvalue weighted by molar-refractivity contribution is 0.617. The van der Waals surface area contributed by atoms with Gasteiger partial charge in [0.2, 0.25) is 5.16 Å². The van der Waals surface area contributed by atoms with Gasteiger partial charge in [0.25, 0.3) is 0 Å². The third kappa shape index (κ3) is 3.22. The maximum atomic E-state index is 13.6. The van der Waals surface area contributed by atoms with Crippen LogP contribution in [0.3, 0.4) is 0 Å². The van der Waals surface area contributed by atoms with Gasteiger partial charge in [-0.25, -0.2) is 4.39 Å². The zero-order chi connectivity index (χ0) is 14.7. The minimum Gasteiger partial charge on any atom is -0.207 e. The first-order valence-electron chi connectivity index (χ1n) is 6.14. The fourth-order valence-electron chi connectivity index (χ4n) is 1.77. The molecule has 106 valence electrons. The summed E-state index contributed by atoms with van der Waals surface area (Å²) in [7, 11) is 0. The van der Waals surface area contributed by atoms with Crippen molar-refractivity contribution in [2.24, 2.45) is 0 Å².